The van der Waals surface area contributed by atoms with Crippen LogP contribution in [0.2, 0.25) is 0 Å². The standard InChI is InChI=1S/C12H8F6/c1-3-7(2)8-4-9(11(13,14)15)6-10(5-8)12(16,17)18/h1,4-7H,2H3. The first kappa shape index (κ1) is 14.4. The van der Waals surface area contributed by atoms with E-state index in [-0.39, 0.29) is 11.6 Å². The van der Waals surface area contributed by atoms with Crippen LogP contribution in [-0.2, 0) is 12.4 Å². The molecular formula is C12H8F6. The van der Waals surface area contributed by atoms with Gasteiger partial charge < -0.3 is 0 Å². The van der Waals surface area contributed by atoms with Gasteiger partial charge in [-0.2, -0.15) is 26.3 Å². The minimum absolute atomic E-state index is 0.0761. The van der Waals surface area contributed by atoms with E-state index >= 15 is 0 Å². The smallest absolute Gasteiger partial charge is 0.166 e. The number of rotatable bonds is 1. The van der Waals surface area contributed by atoms with E-state index < -0.39 is 29.4 Å². The second kappa shape index (κ2) is 4.56. The first-order valence-corrected chi connectivity index (χ1v) is 4.81. The highest BCUT2D eigenvalue weighted by Crippen LogP contribution is 2.37. The van der Waals surface area contributed by atoms with Crippen LogP contribution in [0, 0.1) is 12.3 Å². The van der Waals surface area contributed by atoms with E-state index in [1.807, 2.05) is 0 Å². The number of terminal acetylenes is 1. The molecule has 0 aliphatic rings. The van der Waals surface area contributed by atoms with E-state index in [1.54, 1.807) is 0 Å². The van der Waals surface area contributed by atoms with Gasteiger partial charge in [0.15, 0.2) is 0 Å². The van der Waals surface area contributed by atoms with E-state index in [2.05, 4.69) is 5.92 Å². The number of alkyl halides is 6. The Morgan fingerprint density at radius 1 is 0.944 bits per heavy atom. The maximum Gasteiger partial charge on any atom is 0.416 e. The molecule has 1 unspecified atom stereocenters. The zero-order chi connectivity index (χ0) is 14.1. The van der Waals surface area contributed by atoms with Crippen LogP contribution >= 0.6 is 0 Å². The van der Waals surface area contributed by atoms with Crippen LogP contribution in [0.15, 0.2) is 18.2 Å². The Hall–Kier alpha value is -1.64. The average Bonchev–Trinajstić information content (AvgIpc) is 2.25. The monoisotopic (exact) mass is 266 g/mol. The highest BCUT2D eigenvalue weighted by molar-refractivity contribution is 5.37. The first-order valence-electron chi connectivity index (χ1n) is 4.81. The van der Waals surface area contributed by atoms with Crippen LogP contribution in [0.3, 0.4) is 0 Å². The van der Waals surface area contributed by atoms with Crippen LogP contribution in [0.25, 0.3) is 0 Å². The molecule has 0 fully saturated rings. The summed E-state index contributed by atoms with van der Waals surface area (Å²) in [5.74, 6) is 1.28. The molecule has 98 valence electrons. The van der Waals surface area contributed by atoms with Gasteiger partial charge in [0.1, 0.15) is 0 Å². The Bertz CT molecular complexity index is 443. The molecule has 0 amide bonds. The zero-order valence-corrected chi connectivity index (χ0v) is 9.15. The van der Waals surface area contributed by atoms with Crippen LogP contribution in [0.1, 0.15) is 29.5 Å². The summed E-state index contributed by atoms with van der Waals surface area (Å²) in [6, 6.07) is 1.35. The van der Waals surface area contributed by atoms with Crippen molar-refractivity contribution in [3.63, 3.8) is 0 Å². The van der Waals surface area contributed by atoms with E-state index in [0.29, 0.717) is 12.1 Å². The number of halogens is 6. The van der Waals surface area contributed by atoms with Crippen molar-refractivity contribution >= 4 is 0 Å². The lowest BCUT2D eigenvalue weighted by Gasteiger charge is -2.15. The summed E-state index contributed by atoms with van der Waals surface area (Å²) in [5.41, 5.74) is -2.89. The van der Waals surface area contributed by atoms with Crippen LogP contribution in [-0.4, -0.2) is 0 Å². The lowest BCUT2D eigenvalue weighted by Crippen LogP contribution is -2.12. The van der Waals surface area contributed by atoms with E-state index in [1.165, 1.54) is 6.92 Å². The van der Waals surface area contributed by atoms with Crippen LogP contribution in [0.4, 0.5) is 26.3 Å². The molecule has 18 heavy (non-hydrogen) atoms. The Morgan fingerprint density at radius 2 is 1.33 bits per heavy atom. The molecule has 0 aromatic heterocycles. The maximum atomic E-state index is 12.5. The summed E-state index contributed by atoms with van der Waals surface area (Å²) in [6.45, 7) is 1.36. The van der Waals surface area contributed by atoms with Gasteiger partial charge in [-0.15, -0.1) is 6.42 Å². The molecule has 0 spiro atoms. The van der Waals surface area contributed by atoms with Crippen molar-refractivity contribution < 1.29 is 26.3 Å². The van der Waals surface area contributed by atoms with Crippen LogP contribution in [0.5, 0.6) is 0 Å². The number of hydrogen-bond donors (Lipinski definition) is 0. The van der Waals surface area contributed by atoms with Crippen molar-refractivity contribution in [2.45, 2.75) is 25.2 Å². The lowest BCUT2D eigenvalue weighted by atomic mass is 9.96. The fourth-order valence-electron chi connectivity index (χ4n) is 1.33. The second-order valence-electron chi connectivity index (χ2n) is 3.73. The van der Waals surface area contributed by atoms with Gasteiger partial charge in [0, 0.05) is 5.92 Å². The quantitative estimate of drug-likeness (QED) is 0.520. The third-order valence-electron chi connectivity index (χ3n) is 2.36. The van der Waals surface area contributed by atoms with Gasteiger partial charge in [0.2, 0.25) is 0 Å². The number of hydrogen-bond acceptors (Lipinski definition) is 0. The van der Waals surface area contributed by atoms with Gasteiger partial charge in [-0.05, 0) is 30.7 Å². The molecule has 6 heteroatoms. The molecule has 0 aliphatic carbocycles. The maximum absolute atomic E-state index is 12.5. The topological polar surface area (TPSA) is 0 Å². The highest BCUT2D eigenvalue weighted by Gasteiger charge is 2.37. The molecule has 0 heterocycles. The van der Waals surface area contributed by atoms with Crippen molar-refractivity contribution in [3.8, 4) is 12.3 Å². The summed E-state index contributed by atoms with van der Waals surface area (Å²) >= 11 is 0. The highest BCUT2D eigenvalue weighted by atomic mass is 19.4. The third kappa shape index (κ3) is 3.19. The molecule has 0 saturated carbocycles. The van der Waals surface area contributed by atoms with E-state index in [9.17, 15) is 26.3 Å². The molecule has 0 bridgehead atoms. The first-order chi connectivity index (χ1) is 8.05. The van der Waals surface area contributed by atoms with Crippen molar-refractivity contribution in [1.82, 2.24) is 0 Å². The van der Waals surface area contributed by atoms with Crippen molar-refractivity contribution in [1.29, 1.82) is 0 Å². The average molecular weight is 266 g/mol. The van der Waals surface area contributed by atoms with Gasteiger partial charge in [-0.3, -0.25) is 0 Å². The SMILES string of the molecule is C#CC(C)c1cc(C(F)(F)F)cc(C(F)(F)F)c1. The van der Waals surface area contributed by atoms with Crippen molar-refractivity contribution in [2.24, 2.45) is 0 Å². The molecule has 1 aromatic carbocycles. The van der Waals surface area contributed by atoms with Gasteiger partial charge >= 0.3 is 12.4 Å². The molecule has 1 atom stereocenters. The summed E-state index contributed by atoms with van der Waals surface area (Å²) in [5, 5.41) is 0. The largest absolute Gasteiger partial charge is 0.416 e. The Kier molecular flexibility index (Phi) is 3.65. The Morgan fingerprint density at radius 3 is 1.61 bits per heavy atom. The fraction of sp³-hybridized carbons (Fsp3) is 0.333. The predicted molar refractivity (Wildman–Crippen MR) is 53.7 cm³/mol. The molecule has 0 radical (unpaired) electrons. The van der Waals surface area contributed by atoms with Gasteiger partial charge in [0.25, 0.3) is 0 Å². The molecule has 0 aliphatic heterocycles. The third-order valence-corrected chi connectivity index (χ3v) is 2.36. The van der Waals surface area contributed by atoms with Gasteiger partial charge in [-0.25, -0.2) is 0 Å². The molecule has 0 nitrogen and oxygen atoms in total. The minimum Gasteiger partial charge on any atom is -0.166 e. The molecule has 1 aromatic rings. The summed E-state index contributed by atoms with van der Waals surface area (Å²) < 4.78 is 74.9. The minimum atomic E-state index is -4.84. The summed E-state index contributed by atoms with van der Waals surface area (Å²) in [4.78, 5) is 0. The molecule has 0 saturated heterocycles. The normalized spacial score (nSPS) is 14.1. The molecule has 1 rings (SSSR count). The summed E-state index contributed by atoms with van der Waals surface area (Å²) in [7, 11) is 0. The second-order valence-corrected chi connectivity index (χ2v) is 3.73. The fourth-order valence-corrected chi connectivity index (χ4v) is 1.33. The van der Waals surface area contributed by atoms with E-state index in [0.717, 1.165) is 0 Å². The zero-order valence-electron chi connectivity index (χ0n) is 9.15. The molecular weight excluding hydrogens is 258 g/mol. The van der Waals surface area contributed by atoms with Crippen molar-refractivity contribution in [2.75, 3.05) is 0 Å². The molecule has 0 N–H and O–H groups in total. The Balaban J connectivity index is 3.45. The predicted octanol–water partition coefficient (Wildman–Crippen LogP) is 4.46. The summed E-state index contributed by atoms with van der Waals surface area (Å²) in [6.07, 6.45) is -4.68. The van der Waals surface area contributed by atoms with Crippen molar-refractivity contribution in [3.05, 3.63) is 34.9 Å². The Labute approximate surface area is 99.6 Å². The lowest BCUT2D eigenvalue weighted by molar-refractivity contribution is -0.143. The van der Waals surface area contributed by atoms with Gasteiger partial charge in [0.05, 0.1) is 11.1 Å². The van der Waals surface area contributed by atoms with Gasteiger partial charge in [-0.1, -0.05) is 5.92 Å². The van der Waals surface area contributed by atoms with E-state index in [4.69, 9.17) is 6.42 Å². The van der Waals surface area contributed by atoms with Crippen LogP contribution < -0.4 is 0 Å². The number of benzene rings is 1.